The average molecular weight is 289 g/mol. The van der Waals surface area contributed by atoms with Gasteiger partial charge in [-0.05, 0) is 18.8 Å². The molecule has 0 aromatic carbocycles. The summed E-state index contributed by atoms with van der Waals surface area (Å²) in [5, 5.41) is 0. The van der Waals surface area contributed by atoms with Gasteiger partial charge in [-0.1, -0.05) is 19.9 Å². The summed E-state index contributed by atoms with van der Waals surface area (Å²) >= 11 is 0. The predicted octanol–water partition coefficient (Wildman–Crippen LogP) is 1.41. The molecule has 2 atom stereocenters. The Morgan fingerprint density at radius 2 is 2.16 bits per heavy atom. The van der Waals surface area contributed by atoms with Gasteiger partial charge in [0.05, 0.1) is 18.9 Å². The van der Waals surface area contributed by atoms with E-state index in [1.807, 2.05) is 13.8 Å². The standard InChI is InChI=1S/C13H23NO4S/c1-5-6-11-7-12(9-18-19(4,16)17)14(13(11)15)8-10(2)3/h5,10-12H,1,6-9H2,2-4H3/t11-,12+/m1/s1. The number of likely N-dealkylation sites (tertiary alicyclic amines) is 1. The van der Waals surface area contributed by atoms with Crippen molar-refractivity contribution in [2.75, 3.05) is 19.4 Å². The zero-order valence-electron chi connectivity index (χ0n) is 11.8. The lowest BCUT2D eigenvalue weighted by atomic mass is 10.0. The van der Waals surface area contributed by atoms with Gasteiger partial charge >= 0.3 is 0 Å². The molecule has 0 aliphatic carbocycles. The summed E-state index contributed by atoms with van der Waals surface area (Å²) in [7, 11) is -3.47. The summed E-state index contributed by atoms with van der Waals surface area (Å²) in [6.07, 6.45) is 4.02. The first-order valence-corrected chi connectivity index (χ1v) is 8.32. The molecule has 1 aliphatic heterocycles. The van der Waals surface area contributed by atoms with Crippen LogP contribution in [0.3, 0.4) is 0 Å². The summed E-state index contributed by atoms with van der Waals surface area (Å²) in [5.41, 5.74) is 0. The van der Waals surface area contributed by atoms with Gasteiger partial charge < -0.3 is 4.90 Å². The Bertz CT molecular complexity index is 430. The van der Waals surface area contributed by atoms with E-state index in [4.69, 9.17) is 4.18 Å². The first-order valence-electron chi connectivity index (χ1n) is 6.50. The largest absolute Gasteiger partial charge is 0.337 e. The van der Waals surface area contributed by atoms with E-state index in [1.165, 1.54) is 0 Å². The zero-order chi connectivity index (χ0) is 14.6. The van der Waals surface area contributed by atoms with E-state index in [0.717, 1.165) is 6.26 Å². The molecule has 1 fully saturated rings. The molecule has 1 saturated heterocycles. The van der Waals surface area contributed by atoms with Crippen molar-refractivity contribution in [1.82, 2.24) is 4.90 Å². The molecule has 0 aromatic rings. The van der Waals surface area contributed by atoms with Gasteiger partial charge in [-0.2, -0.15) is 8.42 Å². The number of carbonyl (C=O) groups is 1. The minimum absolute atomic E-state index is 0.0466. The third kappa shape index (κ3) is 4.95. The van der Waals surface area contributed by atoms with Crippen LogP contribution < -0.4 is 0 Å². The smallest absolute Gasteiger partial charge is 0.264 e. The maximum absolute atomic E-state index is 12.2. The maximum Gasteiger partial charge on any atom is 0.264 e. The lowest BCUT2D eigenvalue weighted by molar-refractivity contribution is -0.132. The van der Waals surface area contributed by atoms with Gasteiger partial charge in [0.15, 0.2) is 0 Å². The van der Waals surface area contributed by atoms with Crippen LogP contribution in [-0.2, 0) is 19.1 Å². The van der Waals surface area contributed by atoms with Crippen LogP contribution in [0.15, 0.2) is 12.7 Å². The van der Waals surface area contributed by atoms with Crippen molar-refractivity contribution in [3.05, 3.63) is 12.7 Å². The van der Waals surface area contributed by atoms with Gasteiger partial charge in [0.25, 0.3) is 10.1 Å². The highest BCUT2D eigenvalue weighted by Gasteiger charge is 2.39. The fraction of sp³-hybridized carbons (Fsp3) is 0.769. The molecule has 0 aromatic heterocycles. The molecule has 6 heteroatoms. The predicted molar refractivity (Wildman–Crippen MR) is 74.1 cm³/mol. The molecule has 0 saturated carbocycles. The summed E-state index contributed by atoms with van der Waals surface area (Å²) in [5.74, 6) is 0.326. The lowest BCUT2D eigenvalue weighted by Gasteiger charge is -2.26. The average Bonchev–Trinajstić information content (AvgIpc) is 2.54. The van der Waals surface area contributed by atoms with Crippen LogP contribution in [0.5, 0.6) is 0 Å². The van der Waals surface area contributed by atoms with Crippen LogP contribution in [0.1, 0.15) is 26.7 Å². The number of nitrogens with zero attached hydrogens (tertiary/aromatic N) is 1. The molecule has 0 radical (unpaired) electrons. The Morgan fingerprint density at radius 3 is 2.63 bits per heavy atom. The Morgan fingerprint density at radius 1 is 1.53 bits per heavy atom. The van der Waals surface area contributed by atoms with Gasteiger partial charge in [0.1, 0.15) is 0 Å². The normalized spacial score (nSPS) is 24.2. The fourth-order valence-electron chi connectivity index (χ4n) is 2.36. The van der Waals surface area contributed by atoms with Crippen molar-refractivity contribution >= 4 is 16.0 Å². The number of carbonyl (C=O) groups excluding carboxylic acids is 1. The first kappa shape index (κ1) is 16.2. The van der Waals surface area contributed by atoms with E-state index in [0.29, 0.717) is 25.3 Å². The fourth-order valence-corrected chi connectivity index (χ4v) is 2.77. The van der Waals surface area contributed by atoms with Crippen LogP contribution in [0, 0.1) is 11.8 Å². The van der Waals surface area contributed by atoms with Crippen LogP contribution in [0.25, 0.3) is 0 Å². The van der Waals surface area contributed by atoms with Crippen molar-refractivity contribution in [1.29, 1.82) is 0 Å². The Balaban J connectivity index is 2.74. The number of rotatable bonds is 7. The SMILES string of the molecule is C=CC[C@@H]1C[C@@H](COS(C)(=O)=O)N(CC(C)C)C1=O. The minimum atomic E-state index is -3.47. The van der Waals surface area contributed by atoms with Gasteiger partial charge in [-0.25, -0.2) is 0 Å². The molecule has 0 bridgehead atoms. The highest BCUT2D eigenvalue weighted by atomic mass is 32.2. The van der Waals surface area contributed by atoms with Gasteiger partial charge in [0, 0.05) is 12.5 Å². The van der Waals surface area contributed by atoms with Crippen molar-refractivity contribution < 1.29 is 17.4 Å². The number of allylic oxidation sites excluding steroid dienone is 1. The van der Waals surface area contributed by atoms with Gasteiger partial charge in [-0.3, -0.25) is 8.98 Å². The van der Waals surface area contributed by atoms with Crippen molar-refractivity contribution in [3.63, 3.8) is 0 Å². The quantitative estimate of drug-likeness (QED) is 0.525. The maximum atomic E-state index is 12.2. The van der Waals surface area contributed by atoms with Crippen LogP contribution in [0.2, 0.25) is 0 Å². The molecule has 1 amide bonds. The Kier molecular flexibility index (Phi) is 5.55. The molecule has 5 nitrogen and oxygen atoms in total. The molecule has 19 heavy (non-hydrogen) atoms. The molecule has 0 unspecified atom stereocenters. The van der Waals surface area contributed by atoms with E-state index >= 15 is 0 Å². The number of amides is 1. The second-order valence-corrected chi connectivity index (χ2v) is 7.13. The third-order valence-electron chi connectivity index (χ3n) is 3.12. The topological polar surface area (TPSA) is 63.7 Å². The molecule has 0 N–H and O–H groups in total. The summed E-state index contributed by atoms with van der Waals surface area (Å²) in [4.78, 5) is 14.0. The Labute approximate surface area is 115 Å². The molecule has 0 spiro atoms. The van der Waals surface area contributed by atoms with Gasteiger partial charge in [0.2, 0.25) is 5.91 Å². The zero-order valence-corrected chi connectivity index (χ0v) is 12.6. The monoisotopic (exact) mass is 289 g/mol. The molecule has 1 rings (SSSR count). The minimum Gasteiger partial charge on any atom is -0.337 e. The highest BCUT2D eigenvalue weighted by Crippen LogP contribution is 2.28. The van der Waals surface area contributed by atoms with Crippen molar-refractivity contribution in [2.45, 2.75) is 32.7 Å². The number of hydrogen-bond acceptors (Lipinski definition) is 4. The summed E-state index contributed by atoms with van der Waals surface area (Å²) < 4.78 is 27.0. The van der Waals surface area contributed by atoms with E-state index in [-0.39, 0.29) is 24.5 Å². The molecule has 110 valence electrons. The van der Waals surface area contributed by atoms with E-state index in [1.54, 1.807) is 11.0 Å². The molecule has 1 heterocycles. The second-order valence-electron chi connectivity index (χ2n) is 5.48. The molecular formula is C13H23NO4S. The van der Waals surface area contributed by atoms with Crippen LogP contribution in [-0.4, -0.2) is 44.7 Å². The summed E-state index contributed by atoms with van der Waals surface area (Å²) in [6.45, 7) is 8.39. The molecule has 1 aliphatic rings. The van der Waals surface area contributed by atoms with Gasteiger partial charge in [-0.15, -0.1) is 6.58 Å². The third-order valence-corrected chi connectivity index (χ3v) is 3.68. The van der Waals surface area contributed by atoms with E-state index in [2.05, 4.69) is 6.58 Å². The van der Waals surface area contributed by atoms with Crippen LogP contribution >= 0.6 is 0 Å². The second kappa shape index (κ2) is 6.52. The number of hydrogen-bond donors (Lipinski definition) is 0. The van der Waals surface area contributed by atoms with E-state index in [9.17, 15) is 13.2 Å². The highest BCUT2D eigenvalue weighted by molar-refractivity contribution is 7.85. The van der Waals surface area contributed by atoms with Crippen molar-refractivity contribution in [3.8, 4) is 0 Å². The first-order chi connectivity index (χ1) is 8.74. The van der Waals surface area contributed by atoms with Crippen molar-refractivity contribution in [2.24, 2.45) is 11.8 Å². The molecular weight excluding hydrogens is 266 g/mol. The summed E-state index contributed by atoms with van der Waals surface area (Å²) in [6, 6.07) is -0.158. The Hall–Kier alpha value is -0.880. The lowest BCUT2D eigenvalue weighted by Crippen LogP contribution is -2.39. The van der Waals surface area contributed by atoms with Crippen LogP contribution in [0.4, 0.5) is 0 Å². The van der Waals surface area contributed by atoms with E-state index < -0.39 is 10.1 Å².